The number of carboxylic acid groups (broad SMARTS) is 1. The third-order valence-electron chi connectivity index (χ3n) is 4.47. The van der Waals surface area contributed by atoms with E-state index in [4.69, 9.17) is 14.2 Å². The molecule has 6 nitrogen and oxygen atoms in total. The number of likely N-dealkylation sites (N-methyl/N-ethyl adjacent to an activating group) is 1. The summed E-state index contributed by atoms with van der Waals surface area (Å²) in [6, 6.07) is 3.86. The zero-order valence-corrected chi connectivity index (χ0v) is 16.3. The van der Waals surface area contributed by atoms with Gasteiger partial charge in [0.25, 0.3) is 0 Å². The van der Waals surface area contributed by atoms with E-state index < -0.39 is 6.09 Å². The zero-order valence-electron chi connectivity index (χ0n) is 14.1. The largest absolute Gasteiger partial charge is 0.530 e. The number of carbonyl (C=O) groups is 1. The molecule has 1 aliphatic carbocycles. The highest BCUT2D eigenvalue weighted by atomic mass is 127. The molecule has 0 aromatic heterocycles. The van der Waals surface area contributed by atoms with Crippen LogP contribution in [0.5, 0.6) is 11.5 Å². The monoisotopic (exact) mass is 458 g/mol. The topological polar surface area (TPSA) is 71.1 Å². The highest BCUT2D eigenvalue weighted by Crippen LogP contribution is 2.36. The summed E-state index contributed by atoms with van der Waals surface area (Å²) in [5.74, 6) is 1.47. The Morgan fingerprint density at radius 1 is 1.36 bits per heavy atom. The molecule has 136 valence electrons. The van der Waals surface area contributed by atoms with Crippen LogP contribution in [0.2, 0.25) is 0 Å². The summed E-state index contributed by atoms with van der Waals surface area (Å²) < 4.78 is 18.0. The smallest absolute Gasteiger partial charge is 0.231 e. The van der Waals surface area contributed by atoms with Gasteiger partial charge in [0, 0.05) is 17.2 Å². The normalized spacial score (nSPS) is 17.1. The maximum absolute atomic E-state index is 11.1. The molecular formula is C18H21INO5-. The van der Waals surface area contributed by atoms with Crippen LogP contribution < -0.4 is 14.6 Å². The molecule has 0 bridgehead atoms. The van der Waals surface area contributed by atoms with Crippen molar-refractivity contribution in [2.75, 3.05) is 20.4 Å². The van der Waals surface area contributed by atoms with Gasteiger partial charge < -0.3 is 29.0 Å². The van der Waals surface area contributed by atoms with Crippen LogP contribution in [0.3, 0.4) is 0 Å². The summed E-state index contributed by atoms with van der Waals surface area (Å²) >= 11 is 2.25. The van der Waals surface area contributed by atoms with Crippen LogP contribution in [0.1, 0.15) is 31.2 Å². The van der Waals surface area contributed by atoms with E-state index in [0.29, 0.717) is 6.61 Å². The summed E-state index contributed by atoms with van der Waals surface area (Å²) in [6.07, 6.45) is 4.99. The molecule has 1 amide bonds. The van der Waals surface area contributed by atoms with E-state index >= 15 is 0 Å². The van der Waals surface area contributed by atoms with E-state index in [1.807, 2.05) is 12.1 Å². The van der Waals surface area contributed by atoms with E-state index in [9.17, 15) is 9.90 Å². The third kappa shape index (κ3) is 4.58. The second-order valence-corrected chi connectivity index (χ2v) is 7.43. The molecule has 0 radical (unpaired) electrons. The molecule has 0 fully saturated rings. The lowest BCUT2D eigenvalue weighted by Gasteiger charge is -2.29. The van der Waals surface area contributed by atoms with Gasteiger partial charge in [-0.3, -0.25) is 0 Å². The van der Waals surface area contributed by atoms with Crippen LogP contribution in [0.15, 0.2) is 23.8 Å². The lowest BCUT2D eigenvalue weighted by molar-refractivity contribution is -0.265. The summed E-state index contributed by atoms with van der Waals surface area (Å²) in [7, 11) is 1.51. The molecule has 0 N–H and O–H groups in total. The molecule has 0 spiro atoms. The number of rotatable bonds is 6. The summed E-state index contributed by atoms with van der Waals surface area (Å²) in [5, 5.41) is 11.1. The van der Waals surface area contributed by atoms with Gasteiger partial charge in [0.1, 0.15) is 6.09 Å². The first-order chi connectivity index (χ1) is 12.0. The van der Waals surface area contributed by atoms with Crippen LogP contribution in [0.25, 0.3) is 0 Å². The fourth-order valence-electron chi connectivity index (χ4n) is 3.02. The van der Waals surface area contributed by atoms with Gasteiger partial charge in [-0.1, -0.05) is 6.08 Å². The zero-order chi connectivity index (χ0) is 17.8. The first-order valence-corrected chi connectivity index (χ1v) is 9.43. The van der Waals surface area contributed by atoms with Gasteiger partial charge in [-0.25, -0.2) is 0 Å². The maximum Gasteiger partial charge on any atom is 0.231 e. The van der Waals surface area contributed by atoms with Gasteiger partial charge in [0.05, 0.1) is 12.7 Å². The van der Waals surface area contributed by atoms with Crippen LogP contribution in [0.4, 0.5) is 4.79 Å². The van der Waals surface area contributed by atoms with E-state index in [2.05, 4.69) is 28.7 Å². The quantitative estimate of drug-likeness (QED) is 0.485. The average Bonchev–Trinajstić information content (AvgIpc) is 3.05. The Labute approximate surface area is 160 Å². The van der Waals surface area contributed by atoms with Crippen molar-refractivity contribution in [1.82, 2.24) is 4.90 Å². The highest BCUT2D eigenvalue weighted by Gasteiger charge is 2.21. The average molecular weight is 458 g/mol. The minimum Gasteiger partial charge on any atom is -0.530 e. The van der Waals surface area contributed by atoms with E-state index in [0.717, 1.165) is 39.9 Å². The van der Waals surface area contributed by atoms with Crippen molar-refractivity contribution < 1.29 is 24.1 Å². The van der Waals surface area contributed by atoms with Gasteiger partial charge in [0.15, 0.2) is 11.5 Å². The Balaban J connectivity index is 1.71. The van der Waals surface area contributed by atoms with Crippen LogP contribution >= 0.6 is 22.6 Å². The molecule has 1 aromatic carbocycles. The number of nitrogens with zero attached hydrogens (tertiary/aromatic N) is 1. The molecule has 1 atom stereocenters. The van der Waals surface area contributed by atoms with Gasteiger partial charge >= 0.3 is 0 Å². The predicted octanol–water partition coefficient (Wildman–Crippen LogP) is 2.68. The number of amides is 1. The van der Waals surface area contributed by atoms with E-state index in [1.165, 1.54) is 23.9 Å². The fourth-order valence-corrected chi connectivity index (χ4v) is 3.61. The Hall–Kier alpha value is -1.48. The molecule has 0 saturated heterocycles. The SMILES string of the molecule is CN(CC(OCc1cc2c(cc1I)OCO2)C1=CCCCC1)C(=O)[O-]. The maximum atomic E-state index is 11.1. The standard InChI is InChI=1S/C18H22INO5/c1-20(18(21)22)9-17(12-5-3-2-4-6-12)23-10-13-7-15-16(8-14(13)19)25-11-24-15/h5,7-8,17H,2-4,6,9-11H2,1H3,(H,21,22)/p-1. The number of hydrogen-bond donors (Lipinski definition) is 0. The second kappa shape index (κ2) is 8.27. The lowest BCUT2D eigenvalue weighted by Crippen LogP contribution is -2.43. The van der Waals surface area contributed by atoms with E-state index in [1.54, 1.807) is 0 Å². The highest BCUT2D eigenvalue weighted by molar-refractivity contribution is 14.1. The summed E-state index contributed by atoms with van der Waals surface area (Å²) in [6.45, 7) is 0.898. The Bertz CT molecular complexity index is 676. The third-order valence-corrected chi connectivity index (χ3v) is 5.48. The fraction of sp³-hybridized carbons (Fsp3) is 0.500. The summed E-state index contributed by atoms with van der Waals surface area (Å²) in [4.78, 5) is 12.3. The molecule has 3 rings (SSSR count). The van der Waals surface area contributed by atoms with Crippen LogP contribution in [-0.2, 0) is 11.3 Å². The molecule has 7 heteroatoms. The molecule has 1 unspecified atom stereocenters. The van der Waals surface area contributed by atoms with Gasteiger partial charge in [-0.15, -0.1) is 0 Å². The molecule has 1 aromatic rings. The minimum atomic E-state index is -1.19. The van der Waals surface area contributed by atoms with Crippen LogP contribution in [0, 0.1) is 3.57 Å². The number of allylic oxidation sites excluding steroid dienone is 1. The number of benzene rings is 1. The van der Waals surface area contributed by atoms with Crippen molar-refractivity contribution in [3.8, 4) is 11.5 Å². The van der Waals surface area contributed by atoms with Gasteiger partial charge in [0.2, 0.25) is 6.79 Å². The predicted molar refractivity (Wildman–Crippen MR) is 98.4 cm³/mol. The summed E-state index contributed by atoms with van der Waals surface area (Å²) in [5.41, 5.74) is 2.18. The molecule has 25 heavy (non-hydrogen) atoms. The van der Waals surface area contributed by atoms with Crippen LogP contribution in [-0.4, -0.2) is 37.5 Å². The van der Waals surface area contributed by atoms with E-state index in [-0.39, 0.29) is 19.4 Å². The minimum absolute atomic E-state index is 0.238. The number of fused-ring (bicyclic) bond motifs is 1. The van der Waals surface area contributed by atoms with Crippen molar-refractivity contribution in [3.63, 3.8) is 0 Å². The molecule has 1 heterocycles. The Morgan fingerprint density at radius 3 is 2.80 bits per heavy atom. The van der Waals surface area contributed by atoms with Gasteiger partial charge in [-0.2, -0.15) is 0 Å². The number of ether oxygens (including phenoxy) is 3. The number of carbonyl (C=O) groups excluding carboxylic acids is 1. The van der Waals surface area contributed by atoms with Crippen molar-refractivity contribution in [3.05, 3.63) is 32.9 Å². The molecule has 2 aliphatic rings. The van der Waals surface area contributed by atoms with Crippen molar-refractivity contribution >= 4 is 28.7 Å². The second-order valence-electron chi connectivity index (χ2n) is 6.27. The number of halogens is 1. The first kappa shape index (κ1) is 18.3. The Morgan fingerprint density at radius 2 is 2.12 bits per heavy atom. The van der Waals surface area contributed by atoms with Crippen molar-refractivity contribution in [2.24, 2.45) is 0 Å². The first-order valence-electron chi connectivity index (χ1n) is 8.35. The van der Waals surface area contributed by atoms with Gasteiger partial charge in [-0.05, 0) is 71.5 Å². The van der Waals surface area contributed by atoms with Crippen molar-refractivity contribution in [1.29, 1.82) is 0 Å². The lowest BCUT2D eigenvalue weighted by atomic mass is 9.95. The Kier molecular flexibility index (Phi) is 6.06. The van der Waals surface area contributed by atoms with Crippen molar-refractivity contribution in [2.45, 2.75) is 38.4 Å². The molecule has 0 saturated carbocycles. The molecular weight excluding hydrogens is 437 g/mol. The molecule has 1 aliphatic heterocycles. The number of hydrogen-bond acceptors (Lipinski definition) is 5.